The predicted octanol–water partition coefficient (Wildman–Crippen LogP) is 3.33. The standard InChI is InChI=1S/C20H25NO4S/c1-14-5-7-17(11-15(14)2)26(22,23)21-13-20(3,4)16-6-8-18-19(12-16)25-10-9-24-18/h5-8,11-12,21H,9-10,13H2,1-4H3. The van der Waals surface area contributed by atoms with E-state index in [0.717, 1.165) is 22.4 Å². The fourth-order valence-corrected chi connectivity index (χ4v) is 4.10. The second-order valence-electron chi connectivity index (χ2n) is 7.31. The summed E-state index contributed by atoms with van der Waals surface area (Å²) in [6, 6.07) is 10.9. The molecule has 140 valence electrons. The van der Waals surface area contributed by atoms with Crippen LogP contribution in [0.15, 0.2) is 41.3 Å². The molecular formula is C20H25NO4S. The number of fused-ring (bicyclic) bond motifs is 1. The fourth-order valence-electron chi connectivity index (χ4n) is 2.81. The quantitative estimate of drug-likeness (QED) is 0.871. The zero-order valence-electron chi connectivity index (χ0n) is 15.6. The van der Waals surface area contributed by atoms with Crippen LogP contribution in [0.25, 0.3) is 0 Å². The molecule has 0 bridgehead atoms. The molecule has 0 amide bonds. The van der Waals surface area contributed by atoms with E-state index in [1.807, 2.05) is 52.0 Å². The maximum absolute atomic E-state index is 12.7. The van der Waals surface area contributed by atoms with E-state index in [4.69, 9.17) is 9.47 Å². The minimum Gasteiger partial charge on any atom is -0.486 e. The third-order valence-corrected chi connectivity index (χ3v) is 6.22. The topological polar surface area (TPSA) is 64.6 Å². The van der Waals surface area contributed by atoms with Crippen LogP contribution in [0.4, 0.5) is 0 Å². The van der Waals surface area contributed by atoms with Crippen molar-refractivity contribution >= 4 is 10.0 Å². The van der Waals surface area contributed by atoms with Crippen molar-refractivity contribution in [2.45, 2.75) is 38.0 Å². The first-order chi connectivity index (χ1) is 12.2. The normalized spacial score (nSPS) is 14.3. The molecular weight excluding hydrogens is 350 g/mol. The minimum atomic E-state index is -3.56. The average Bonchev–Trinajstić information content (AvgIpc) is 2.62. The average molecular weight is 375 g/mol. The van der Waals surface area contributed by atoms with Gasteiger partial charge >= 0.3 is 0 Å². The van der Waals surface area contributed by atoms with Crippen LogP contribution in [0.5, 0.6) is 11.5 Å². The van der Waals surface area contributed by atoms with Gasteiger partial charge in [0.25, 0.3) is 0 Å². The number of sulfonamides is 1. The highest BCUT2D eigenvalue weighted by molar-refractivity contribution is 7.89. The van der Waals surface area contributed by atoms with Crippen LogP contribution in [0.2, 0.25) is 0 Å². The first-order valence-electron chi connectivity index (χ1n) is 8.66. The summed E-state index contributed by atoms with van der Waals surface area (Å²) in [6.45, 7) is 9.23. The highest BCUT2D eigenvalue weighted by atomic mass is 32.2. The molecule has 0 aromatic heterocycles. The summed E-state index contributed by atoms with van der Waals surface area (Å²) >= 11 is 0. The molecule has 6 heteroatoms. The Kier molecular flexibility index (Phi) is 4.99. The largest absolute Gasteiger partial charge is 0.486 e. The van der Waals surface area contributed by atoms with E-state index in [1.54, 1.807) is 12.1 Å². The van der Waals surface area contributed by atoms with Gasteiger partial charge in [-0.1, -0.05) is 26.0 Å². The third-order valence-electron chi connectivity index (χ3n) is 4.82. The van der Waals surface area contributed by atoms with Crippen molar-refractivity contribution in [1.82, 2.24) is 4.72 Å². The lowest BCUT2D eigenvalue weighted by atomic mass is 9.84. The number of hydrogen-bond donors (Lipinski definition) is 1. The Morgan fingerprint density at radius 3 is 2.35 bits per heavy atom. The molecule has 0 radical (unpaired) electrons. The summed E-state index contributed by atoms with van der Waals surface area (Å²) in [5.41, 5.74) is 2.62. The predicted molar refractivity (Wildman–Crippen MR) is 102 cm³/mol. The summed E-state index contributed by atoms with van der Waals surface area (Å²) in [4.78, 5) is 0.290. The van der Waals surface area contributed by atoms with Crippen LogP contribution < -0.4 is 14.2 Å². The van der Waals surface area contributed by atoms with E-state index < -0.39 is 15.4 Å². The van der Waals surface area contributed by atoms with Crippen LogP contribution in [-0.4, -0.2) is 28.2 Å². The van der Waals surface area contributed by atoms with Crippen molar-refractivity contribution in [3.8, 4) is 11.5 Å². The Morgan fingerprint density at radius 2 is 1.65 bits per heavy atom. The number of hydrogen-bond acceptors (Lipinski definition) is 4. The SMILES string of the molecule is Cc1ccc(S(=O)(=O)NCC(C)(C)c2ccc3c(c2)OCCO3)cc1C. The van der Waals surface area contributed by atoms with Crippen molar-refractivity contribution < 1.29 is 17.9 Å². The van der Waals surface area contributed by atoms with Gasteiger partial charge in [0.2, 0.25) is 10.0 Å². The zero-order valence-corrected chi connectivity index (χ0v) is 16.4. The Morgan fingerprint density at radius 1 is 0.962 bits per heavy atom. The van der Waals surface area contributed by atoms with Gasteiger partial charge in [0.1, 0.15) is 13.2 Å². The van der Waals surface area contributed by atoms with Gasteiger partial charge in [0, 0.05) is 12.0 Å². The molecule has 0 spiro atoms. The van der Waals surface area contributed by atoms with Gasteiger partial charge in [0.15, 0.2) is 11.5 Å². The Hall–Kier alpha value is -2.05. The summed E-state index contributed by atoms with van der Waals surface area (Å²) < 4.78 is 39.2. The second kappa shape index (κ2) is 6.93. The monoisotopic (exact) mass is 375 g/mol. The molecule has 1 heterocycles. The molecule has 0 atom stereocenters. The first kappa shape index (κ1) is 18.7. The van der Waals surface area contributed by atoms with Crippen molar-refractivity contribution in [1.29, 1.82) is 0 Å². The van der Waals surface area contributed by atoms with Crippen molar-refractivity contribution in [3.05, 3.63) is 53.1 Å². The van der Waals surface area contributed by atoms with Gasteiger partial charge in [-0.15, -0.1) is 0 Å². The molecule has 5 nitrogen and oxygen atoms in total. The van der Waals surface area contributed by atoms with Crippen LogP contribution in [-0.2, 0) is 15.4 Å². The molecule has 0 saturated heterocycles. The molecule has 1 aliphatic rings. The van der Waals surface area contributed by atoms with Crippen LogP contribution in [0.3, 0.4) is 0 Å². The molecule has 2 aromatic carbocycles. The lowest BCUT2D eigenvalue weighted by Gasteiger charge is -2.27. The maximum Gasteiger partial charge on any atom is 0.240 e. The van der Waals surface area contributed by atoms with Crippen LogP contribution >= 0.6 is 0 Å². The van der Waals surface area contributed by atoms with E-state index in [2.05, 4.69) is 4.72 Å². The van der Waals surface area contributed by atoms with E-state index in [0.29, 0.717) is 23.9 Å². The number of benzene rings is 2. The summed E-state index contributed by atoms with van der Waals surface area (Å²) in [7, 11) is -3.56. The van der Waals surface area contributed by atoms with Gasteiger partial charge in [-0.2, -0.15) is 0 Å². The van der Waals surface area contributed by atoms with Gasteiger partial charge in [-0.25, -0.2) is 13.1 Å². The molecule has 1 aliphatic heterocycles. The zero-order chi connectivity index (χ0) is 18.9. The van der Waals surface area contributed by atoms with Gasteiger partial charge in [-0.3, -0.25) is 0 Å². The summed E-state index contributed by atoms with van der Waals surface area (Å²) in [5, 5.41) is 0. The van der Waals surface area contributed by atoms with Crippen molar-refractivity contribution in [2.75, 3.05) is 19.8 Å². The Labute approximate surface area is 155 Å². The van der Waals surface area contributed by atoms with Crippen LogP contribution in [0.1, 0.15) is 30.5 Å². The molecule has 0 aliphatic carbocycles. The lowest BCUT2D eigenvalue weighted by Crippen LogP contribution is -2.36. The van der Waals surface area contributed by atoms with E-state index in [1.165, 1.54) is 0 Å². The van der Waals surface area contributed by atoms with Gasteiger partial charge < -0.3 is 9.47 Å². The van der Waals surface area contributed by atoms with E-state index >= 15 is 0 Å². The number of rotatable bonds is 5. The minimum absolute atomic E-state index is 0.280. The Bertz CT molecular complexity index is 919. The molecule has 2 aromatic rings. The highest BCUT2D eigenvalue weighted by Crippen LogP contribution is 2.35. The number of aryl methyl sites for hydroxylation is 2. The fraction of sp³-hybridized carbons (Fsp3) is 0.400. The first-order valence-corrected chi connectivity index (χ1v) is 10.1. The number of nitrogens with one attached hydrogen (secondary N) is 1. The second-order valence-corrected chi connectivity index (χ2v) is 9.08. The third kappa shape index (κ3) is 3.86. The van der Waals surface area contributed by atoms with E-state index in [-0.39, 0.29) is 6.54 Å². The lowest BCUT2D eigenvalue weighted by molar-refractivity contribution is 0.171. The van der Waals surface area contributed by atoms with Gasteiger partial charge in [0.05, 0.1) is 4.90 Å². The molecule has 3 rings (SSSR count). The maximum atomic E-state index is 12.7. The van der Waals surface area contributed by atoms with Crippen molar-refractivity contribution in [3.63, 3.8) is 0 Å². The molecule has 0 saturated carbocycles. The van der Waals surface area contributed by atoms with Crippen LogP contribution in [0, 0.1) is 13.8 Å². The molecule has 0 unspecified atom stereocenters. The Balaban J connectivity index is 1.78. The molecule has 1 N–H and O–H groups in total. The summed E-state index contributed by atoms with van der Waals surface area (Å²) in [5.74, 6) is 1.44. The molecule has 0 fully saturated rings. The number of ether oxygens (including phenoxy) is 2. The van der Waals surface area contributed by atoms with E-state index in [9.17, 15) is 8.42 Å². The smallest absolute Gasteiger partial charge is 0.240 e. The highest BCUT2D eigenvalue weighted by Gasteiger charge is 2.26. The van der Waals surface area contributed by atoms with Gasteiger partial charge in [-0.05, 0) is 54.8 Å². The molecule has 26 heavy (non-hydrogen) atoms. The summed E-state index contributed by atoms with van der Waals surface area (Å²) in [6.07, 6.45) is 0. The van der Waals surface area contributed by atoms with Crippen molar-refractivity contribution in [2.24, 2.45) is 0 Å².